The first-order chi connectivity index (χ1) is 10.2. The van der Waals surface area contributed by atoms with Crippen LogP contribution in [-0.2, 0) is 15.1 Å². The highest BCUT2D eigenvalue weighted by molar-refractivity contribution is 6.09. The van der Waals surface area contributed by atoms with Crippen molar-refractivity contribution < 1.29 is 9.59 Å². The van der Waals surface area contributed by atoms with Crippen molar-refractivity contribution in [3.63, 3.8) is 0 Å². The molecule has 2 N–H and O–H groups in total. The number of hydrogen-bond donors (Lipinski definition) is 2. The van der Waals surface area contributed by atoms with Crippen LogP contribution in [0.3, 0.4) is 0 Å². The Kier molecular flexibility index (Phi) is 2.63. The second kappa shape index (κ2) is 4.31. The minimum absolute atomic E-state index is 0.0312. The molecule has 2 saturated heterocycles. The van der Waals surface area contributed by atoms with Crippen molar-refractivity contribution in [2.45, 2.75) is 30.8 Å². The summed E-state index contributed by atoms with van der Waals surface area (Å²) < 4.78 is 0. The Labute approximate surface area is 123 Å². The topological polar surface area (TPSA) is 61.4 Å². The molecule has 1 aromatic rings. The van der Waals surface area contributed by atoms with E-state index in [1.165, 1.54) is 0 Å². The molecule has 5 heteroatoms. The van der Waals surface area contributed by atoms with E-state index in [4.69, 9.17) is 0 Å². The van der Waals surface area contributed by atoms with Gasteiger partial charge >= 0.3 is 0 Å². The highest BCUT2D eigenvalue weighted by Gasteiger charge is 2.65. The van der Waals surface area contributed by atoms with Crippen molar-refractivity contribution >= 4 is 17.5 Å². The number of carbonyl (C=O) groups excluding carboxylic acids is 2. The van der Waals surface area contributed by atoms with Crippen LogP contribution in [0.4, 0.5) is 5.69 Å². The summed E-state index contributed by atoms with van der Waals surface area (Å²) in [4.78, 5) is 27.6. The van der Waals surface area contributed by atoms with E-state index in [1.54, 1.807) is 7.05 Å². The molecule has 3 heterocycles. The first-order valence-electron chi connectivity index (χ1n) is 7.59. The molecular formula is C16H19N3O2. The summed E-state index contributed by atoms with van der Waals surface area (Å²) in [7, 11) is 1.65. The molecule has 3 aliphatic rings. The predicted molar refractivity (Wildman–Crippen MR) is 78.7 cm³/mol. The smallest absolute Gasteiger partial charge is 0.250 e. The number of nitrogens with zero attached hydrogens (tertiary/aromatic N) is 1. The molecule has 2 fully saturated rings. The van der Waals surface area contributed by atoms with Gasteiger partial charge in [0.25, 0.3) is 0 Å². The minimum atomic E-state index is -0.808. The van der Waals surface area contributed by atoms with Crippen molar-refractivity contribution in [2.75, 3.05) is 18.9 Å². The largest absolute Gasteiger partial charge is 0.359 e. The SMILES string of the molecule is CNC(=O)C1CC2CCCN2C12C(=O)Nc1ccccc12. The van der Waals surface area contributed by atoms with E-state index in [0.717, 1.165) is 37.1 Å². The van der Waals surface area contributed by atoms with Gasteiger partial charge in [0.05, 0.1) is 5.92 Å². The summed E-state index contributed by atoms with van der Waals surface area (Å²) in [6.07, 6.45) is 2.94. The van der Waals surface area contributed by atoms with Crippen molar-refractivity contribution in [3.8, 4) is 0 Å². The van der Waals surface area contributed by atoms with Crippen LogP contribution in [0.15, 0.2) is 24.3 Å². The van der Waals surface area contributed by atoms with Crippen LogP contribution in [-0.4, -0.2) is 36.3 Å². The number of para-hydroxylation sites is 1. The molecule has 110 valence electrons. The Bertz CT molecular complexity index is 630. The molecule has 0 bridgehead atoms. The molecule has 0 radical (unpaired) electrons. The van der Waals surface area contributed by atoms with E-state index in [2.05, 4.69) is 15.5 Å². The standard InChI is InChI=1S/C16H19N3O2/c1-17-14(20)12-9-10-5-4-8-19(10)16(12)11-6-2-3-7-13(11)18-15(16)21/h2-3,6-7,10,12H,4-5,8-9H2,1H3,(H,17,20)(H,18,21). The van der Waals surface area contributed by atoms with Crippen molar-refractivity contribution in [1.82, 2.24) is 10.2 Å². The quantitative estimate of drug-likeness (QED) is 0.811. The number of nitrogens with one attached hydrogen (secondary N) is 2. The van der Waals surface area contributed by atoms with Crippen LogP contribution < -0.4 is 10.6 Å². The summed E-state index contributed by atoms with van der Waals surface area (Å²) in [5.74, 6) is -0.380. The maximum atomic E-state index is 12.9. The lowest BCUT2D eigenvalue weighted by atomic mass is 9.78. The summed E-state index contributed by atoms with van der Waals surface area (Å²) in [5, 5.41) is 5.74. The zero-order valence-electron chi connectivity index (χ0n) is 12.1. The minimum Gasteiger partial charge on any atom is -0.359 e. The lowest BCUT2D eigenvalue weighted by Crippen LogP contribution is -2.54. The van der Waals surface area contributed by atoms with E-state index in [-0.39, 0.29) is 17.7 Å². The molecular weight excluding hydrogens is 266 g/mol. The van der Waals surface area contributed by atoms with Crippen molar-refractivity contribution in [1.29, 1.82) is 0 Å². The number of amides is 2. The second-order valence-electron chi connectivity index (χ2n) is 6.16. The van der Waals surface area contributed by atoms with Gasteiger partial charge in [-0.25, -0.2) is 0 Å². The van der Waals surface area contributed by atoms with Gasteiger partial charge in [0.1, 0.15) is 5.54 Å². The van der Waals surface area contributed by atoms with Gasteiger partial charge in [-0.1, -0.05) is 18.2 Å². The average molecular weight is 285 g/mol. The highest BCUT2D eigenvalue weighted by Crippen LogP contribution is 2.55. The Morgan fingerprint density at radius 3 is 3.05 bits per heavy atom. The normalized spacial score (nSPS) is 33.9. The van der Waals surface area contributed by atoms with Gasteiger partial charge in [0.15, 0.2) is 0 Å². The molecule has 3 unspecified atom stereocenters. The Morgan fingerprint density at radius 1 is 1.43 bits per heavy atom. The summed E-state index contributed by atoms with van der Waals surface area (Å²) in [5.41, 5.74) is 1.01. The third-order valence-electron chi connectivity index (χ3n) is 5.34. The van der Waals surface area contributed by atoms with E-state index >= 15 is 0 Å². The van der Waals surface area contributed by atoms with Crippen LogP contribution in [0.1, 0.15) is 24.8 Å². The summed E-state index contributed by atoms with van der Waals surface area (Å²) in [6.45, 7) is 0.889. The number of fused-ring (bicyclic) bond motifs is 4. The lowest BCUT2D eigenvalue weighted by molar-refractivity contribution is -0.137. The molecule has 21 heavy (non-hydrogen) atoms. The van der Waals surface area contributed by atoms with Gasteiger partial charge in [-0.2, -0.15) is 0 Å². The maximum Gasteiger partial charge on any atom is 0.250 e. The van der Waals surface area contributed by atoms with Gasteiger partial charge in [-0.05, 0) is 31.9 Å². The number of rotatable bonds is 1. The molecule has 3 aliphatic heterocycles. The van der Waals surface area contributed by atoms with Crippen LogP contribution in [0, 0.1) is 5.92 Å². The second-order valence-corrected chi connectivity index (χ2v) is 6.16. The number of hydrogen-bond acceptors (Lipinski definition) is 3. The molecule has 3 atom stereocenters. The van der Waals surface area contributed by atoms with Crippen LogP contribution in [0.25, 0.3) is 0 Å². The van der Waals surface area contributed by atoms with Gasteiger partial charge in [0, 0.05) is 24.3 Å². The zero-order chi connectivity index (χ0) is 14.6. The molecule has 2 amide bonds. The highest BCUT2D eigenvalue weighted by atomic mass is 16.2. The van der Waals surface area contributed by atoms with Gasteiger partial charge in [-0.15, -0.1) is 0 Å². The third kappa shape index (κ3) is 1.44. The summed E-state index contributed by atoms with van der Waals surface area (Å²) in [6, 6.07) is 8.12. The van der Waals surface area contributed by atoms with E-state index < -0.39 is 5.54 Å². The zero-order valence-corrected chi connectivity index (χ0v) is 12.1. The molecule has 1 aromatic carbocycles. The van der Waals surface area contributed by atoms with Crippen LogP contribution in [0.2, 0.25) is 0 Å². The van der Waals surface area contributed by atoms with Crippen LogP contribution in [0.5, 0.6) is 0 Å². The Hall–Kier alpha value is -1.88. The molecule has 0 aliphatic carbocycles. The summed E-state index contributed by atoms with van der Waals surface area (Å²) >= 11 is 0. The first kappa shape index (κ1) is 12.8. The fourth-order valence-corrected chi connectivity index (χ4v) is 4.55. The van der Waals surface area contributed by atoms with E-state index in [9.17, 15) is 9.59 Å². The molecule has 0 aromatic heterocycles. The van der Waals surface area contributed by atoms with Gasteiger partial charge in [0.2, 0.25) is 11.8 Å². The molecule has 5 nitrogen and oxygen atoms in total. The van der Waals surface area contributed by atoms with Crippen molar-refractivity contribution in [2.24, 2.45) is 5.92 Å². The molecule has 0 saturated carbocycles. The Morgan fingerprint density at radius 2 is 2.24 bits per heavy atom. The van der Waals surface area contributed by atoms with Crippen molar-refractivity contribution in [3.05, 3.63) is 29.8 Å². The van der Waals surface area contributed by atoms with Gasteiger partial charge in [-0.3, -0.25) is 14.5 Å². The van der Waals surface area contributed by atoms with E-state index in [0.29, 0.717) is 6.04 Å². The fraction of sp³-hybridized carbons (Fsp3) is 0.500. The monoisotopic (exact) mass is 285 g/mol. The van der Waals surface area contributed by atoms with E-state index in [1.807, 2.05) is 24.3 Å². The number of benzene rings is 1. The number of carbonyl (C=O) groups is 2. The maximum absolute atomic E-state index is 12.9. The predicted octanol–water partition coefficient (Wildman–Crippen LogP) is 1.06. The number of anilines is 1. The molecule has 4 rings (SSSR count). The third-order valence-corrected chi connectivity index (χ3v) is 5.34. The van der Waals surface area contributed by atoms with Crippen LogP contribution >= 0.6 is 0 Å². The fourth-order valence-electron chi connectivity index (χ4n) is 4.55. The lowest BCUT2D eigenvalue weighted by Gasteiger charge is -2.36. The van der Waals surface area contributed by atoms with Gasteiger partial charge < -0.3 is 10.6 Å². The Balaban J connectivity index is 1.93. The molecule has 1 spiro atoms. The first-order valence-corrected chi connectivity index (χ1v) is 7.59. The average Bonchev–Trinajstić information content (AvgIpc) is 3.13.